The highest BCUT2D eigenvalue weighted by Gasteiger charge is 2.90. The Bertz CT molecular complexity index is 1820. The van der Waals surface area contributed by atoms with Crippen LogP contribution >= 0.6 is 19.3 Å². The molecule has 1 saturated carbocycles. The van der Waals surface area contributed by atoms with E-state index in [1.54, 1.807) is 45.2 Å². The molecule has 240 valence electrons. The van der Waals surface area contributed by atoms with Gasteiger partial charge in [0.05, 0.1) is 18.3 Å². The Morgan fingerprint density at radius 2 is 1.98 bits per heavy atom. The lowest BCUT2D eigenvalue weighted by Gasteiger charge is -2.27. The Morgan fingerprint density at radius 3 is 2.67 bits per heavy atom. The van der Waals surface area contributed by atoms with E-state index in [1.807, 2.05) is 18.2 Å². The lowest BCUT2D eigenvalue weighted by Crippen LogP contribution is -2.38. The molecule has 3 heterocycles. The molecule has 1 unspecified atom stereocenters. The van der Waals surface area contributed by atoms with Crippen LogP contribution < -0.4 is 20.7 Å². The number of ether oxygens (including phenoxy) is 2. The number of carbonyl (C=O) groups is 1. The highest BCUT2D eigenvalue weighted by atomic mass is 35.5. The number of hydrogen-bond donors (Lipinski definition) is 4. The van der Waals surface area contributed by atoms with Crippen molar-refractivity contribution < 1.29 is 37.4 Å². The number of nitrogens with zero attached hydrogens (tertiary/aromatic N) is 4. The summed E-state index contributed by atoms with van der Waals surface area (Å²) in [5.74, 6) is -0.808. The maximum absolute atomic E-state index is 16.3. The third-order valence-corrected chi connectivity index (χ3v) is 9.86. The van der Waals surface area contributed by atoms with Gasteiger partial charge in [-0.05, 0) is 32.2 Å². The van der Waals surface area contributed by atoms with Gasteiger partial charge in [-0.15, -0.1) is 11.6 Å². The number of benzene rings is 2. The Morgan fingerprint density at radius 1 is 1.24 bits per heavy atom. The van der Waals surface area contributed by atoms with Crippen LogP contribution in [0.2, 0.25) is 0 Å². The summed E-state index contributed by atoms with van der Waals surface area (Å²) >= 11 is 6.30. The van der Waals surface area contributed by atoms with Gasteiger partial charge in [0.2, 0.25) is 5.95 Å². The number of imidazole rings is 1. The fraction of sp³-hybridized carbons (Fsp3) is 0.429. The number of halogens is 2. The molecule has 14 nitrogen and oxygen atoms in total. The zero-order valence-corrected chi connectivity index (χ0v) is 26.3. The molecular formula is C28H32ClFN7O7P. The lowest BCUT2D eigenvalue weighted by atomic mass is 10.1. The topological polar surface area (TPSA) is 185 Å². The molecule has 2 fully saturated rings. The fourth-order valence-electron chi connectivity index (χ4n) is 5.62. The molecule has 1 saturated heterocycles. The van der Waals surface area contributed by atoms with Gasteiger partial charge in [-0.3, -0.25) is 13.9 Å². The molecule has 1 aliphatic carbocycles. The monoisotopic (exact) mass is 663 g/mol. The number of nitrogens with two attached hydrogens (primary N) is 1. The number of rotatable bonds is 11. The van der Waals surface area contributed by atoms with Gasteiger partial charge >= 0.3 is 13.7 Å². The van der Waals surface area contributed by atoms with E-state index in [9.17, 15) is 14.5 Å². The minimum atomic E-state index is -4.59. The van der Waals surface area contributed by atoms with Crippen molar-refractivity contribution in [2.45, 2.75) is 62.6 Å². The molecule has 0 bridgehead atoms. The van der Waals surface area contributed by atoms with E-state index in [4.69, 9.17) is 35.9 Å². The zero-order valence-electron chi connectivity index (χ0n) is 24.7. The largest absolute Gasteiger partial charge is 0.462 e. The van der Waals surface area contributed by atoms with E-state index in [-0.39, 0.29) is 17.3 Å². The zero-order chi connectivity index (χ0) is 32.3. The minimum absolute atomic E-state index is 0.0955. The second-order valence-electron chi connectivity index (χ2n) is 11.2. The van der Waals surface area contributed by atoms with Crippen molar-refractivity contribution in [3.8, 4) is 5.75 Å². The highest BCUT2D eigenvalue weighted by Crippen LogP contribution is 2.69. The fourth-order valence-corrected chi connectivity index (χ4v) is 7.80. The van der Waals surface area contributed by atoms with Gasteiger partial charge in [-0.1, -0.05) is 36.4 Å². The number of nitrogen functional groups attached to an aromatic ring is 1. The first-order valence-corrected chi connectivity index (χ1v) is 16.2. The summed E-state index contributed by atoms with van der Waals surface area (Å²) in [5.41, 5.74) is 2.05. The van der Waals surface area contributed by atoms with E-state index >= 15 is 4.39 Å². The van der Waals surface area contributed by atoms with Crippen LogP contribution in [-0.4, -0.2) is 79.1 Å². The quantitative estimate of drug-likeness (QED) is 0.104. The standard InChI is InChI=1S/C28H32ClFN7O7P/c1-14(2)41-24(38)15(3)36-45(40,43-18-11-7-9-16-8-5-6-10-17(16)18)44-25-27(12-29)28(25,39)20(30)23(42-27)37-13-33-19-21(32-4)34-26(31)35-22(19)37/h5-11,13-15,20,23,25,39H,12H2,1-4H3,(H,36,40)(H3,31,32,34,35)/t15-,20-,23-,25?,27-,28-,45-/m1/s1. The molecule has 5 N–H and O–H groups in total. The number of aromatic nitrogens is 4. The minimum Gasteiger partial charge on any atom is -0.462 e. The van der Waals surface area contributed by atoms with Crippen molar-refractivity contribution in [2.24, 2.45) is 0 Å². The number of fused-ring (bicyclic) bond motifs is 3. The van der Waals surface area contributed by atoms with E-state index in [1.165, 1.54) is 17.8 Å². The van der Waals surface area contributed by atoms with Crippen LogP contribution in [0.15, 0.2) is 48.8 Å². The number of nitrogens with one attached hydrogen (secondary N) is 2. The number of aliphatic hydroxyl groups is 1. The molecule has 6 rings (SSSR count). The van der Waals surface area contributed by atoms with Gasteiger partial charge in [0.15, 0.2) is 35.0 Å². The first-order chi connectivity index (χ1) is 21.4. The third-order valence-electron chi connectivity index (χ3n) is 7.84. The number of alkyl halides is 2. The maximum atomic E-state index is 16.3. The molecule has 0 spiro atoms. The molecule has 45 heavy (non-hydrogen) atoms. The van der Waals surface area contributed by atoms with Crippen molar-refractivity contribution in [3.05, 3.63) is 48.8 Å². The van der Waals surface area contributed by atoms with E-state index in [0.29, 0.717) is 16.7 Å². The van der Waals surface area contributed by atoms with Crippen LogP contribution in [0.3, 0.4) is 0 Å². The smallest absolute Gasteiger partial charge is 0.459 e. The van der Waals surface area contributed by atoms with E-state index in [2.05, 4.69) is 25.4 Å². The SMILES string of the molecule is CNc1nc(N)nc2c1ncn2[C@@H]1O[C@]2(CCl)C(O[P@@](=O)(N[C@H](C)C(=O)OC(C)C)Oc3cccc4ccccc34)[C@]2(O)[C@@H]1F. The maximum Gasteiger partial charge on any atom is 0.459 e. The molecule has 4 aromatic rings. The first kappa shape index (κ1) is 31.4. The Labute approximate surface area is 261 Å². The van der Waals surface area contributed by atoms with Crippen molar-refractivity contribution >= 4 is 59.0 Å². The van der Waals surface area contributed by atoms with Crippen LogP contribution in [0.5, 0.6) is 5.75 Å². The van der Waals surface area contributed by atoms with Crippen LogP contribution in [0.25, 0.3) is 21.9 Å². The molecule has 1 aliphatic heterocycles. The summed E-state index contributed by atoms with van der Waals surface area (Å²) < 4.78 is 55.2. The van der Waals surface area contributed by atoms with Gasteiger partial charge in [0.25, 0.3) is 0 Å². The molecule has 17 heteroatoms. The summed E-state index contributed by atoms with van der Waals surface area (Å²) in [6.45, 7) is 4.74. The summed E-state index contributed by atoms with van der Waals surface area (Å²) in [5, 5.41) is 18.5. The lowest BCUT2D eigenvalue weighted by molar-refractivity contribution is -0.149. The van der Waals surface area contributed by atoms with Crippen molar-refractivity contribution in [3.63, 3.8) is 0 Å². The molecule has 0 amide bonds. The average molecular weight is 664 g/mol. The van der Waals surface area contributed by atoms with Gasteiger partial charge < -0.3 is 30.2 Å². The summed E-state index contributed by atoms with van der Waals surface area (Å²) in [4.78, 5) is 25.2. The van der Waals surface area contributed by atoms with Crippen LogP contribution in [0.4, 0.5) is 16.2 Å². The number of hydrogen-bond acceptors (Lipinski definition) is 12. The van der Waals surface area contributed by atoms with Gasteiger partial charge in [0, 0.05) is 12.4 Å². The normalized spacial score (nSPS) is 27.7. The predicted molar refractivity (Wildman–Crippen MR) is 164 cm³/mol. The van der Waals surface area contributed by atoms with Crippen molar-refractivity contribution in [2.75, 3.05) is 24.0 Å². The van der Waals surface area contributed by atoms with Crippen LogP contribution in [-0.2, 0) is 23.4 Å². The number of esters is 1. The van der Waals surface area contributed by atoms with Crippen molar-refractivity contribution in [1.82, 2.24) is 24.6 Å². The van der Waals surface area contributed by atoms with E-state index < -0.39 is 61.4 Å². The predicted octanol–water partition coefficient (Wildman–Crippen LogP) is 3.69. The van der Waals surface area contributed by atoms with Crippen molar-refractivity contribution in [1.29, 1.82) is 0 Å². The second-order valence-corrected chi connectivity index (χ2v) is 13.1. The molecule has 2 aromatic heterocycles. The summed E-state index contributed by atoms with van der Waals surface area (Å²) in [6.07, 6.45) is -4.37. The first-order valence-electron chi connectivity index (χ1n) is 14.1. The number of carbonyl (C=O) groups excluding carboxylic acids is 1. The molecule has 2 aromatic carbocycles. The molecule has 2 aliphatic rings. The molecule has 0 radical (unpaired) electrons. The Hall–Kier alpha value is -3.59. The molecule has 7 atom stereocenters. The van der Waals surface area contributed by atoms with Gasteiger partial charge in [-0.25, -0.2) is 13.9 Å². The van der Waals surface area contributed by atoms with Crippen LogP contribution in [0, 0.1) is 0 Å². The second kappa shape index (κ2) is 11.3. The molecular weight excluding hydrogens is 632 g/mol. The Balaban J connectivity index is 1.33. The average Bonchev–Trinajstić information content (AvgIpc) is 3.23. The van der Waals surface area contributed by atoms with Crippen LogP contribution in [0.1, 0.15) is 27.0 Å². The summed E-state index contributed by atoms with van der Waals surface area (Å²) in [6, 6.07) is 11.1. The Kier molecular flexibility index (Phi) is 7.91. The third kappa shape index (κ3) is 5.07. The van der Waals surface area contributed by atoms with Gasteiger partial charge in [-0.2, -0.15) is 15.1 Å². The number of anilines is 2. The van der Waals surface area contributed by atoms with E-state index in [0.717, 1.165) is 5.39 Å². The summed E-state index contributed by atoms with van der Waals surface area (Å²) in [7, 11) is -2.97. The highest BCUT2D eigenvalue weighted by molar-refractivity contribution is 7.52. The van der Waals surface area contributed by atoms with Gasteiger partial charge in [0.1, 0.15) is 23.5 Å².